The molecule has 2 aliphatic rings. The lowest BCUT2D eigenvalue weighted by Crippen LogP contribution is -2.43. The first-order valence-electron chi connectivity index (χ1n) is 12.6. The third-order valence-corrected chi connectivity index (χ3v) is 7.80. The lowest BCUT2D eigenvalue weighted by Gasteiger charge is -2.34. The Balaban J connectivity index is 1.26. The highest BCUT2D eigenvalue weighted by molar-refractivity contribution is 8.22. The van der Waals surface area contributed by atoms with Gasteiger partial charge in [0.25, 0.3) is 0 Å². The smallest absolute Gasteiger partial charge is 0.322 e. The van der Waals surface area contributed by atoms with Crippen LogP contribution in [-0.2, 0) is 14.8 Å². The Morgan fingerprint density at radius 1 is 1.10 bits per heavy atom. The van der Waals surface area contributed by atoms with Gasteiger partial charge >= 0.3 is 5.97 Å². The Morgan fingerprint density at radius 3 is 2.39 bits per heavy atom. The summed E-state index contributed by atoms with van der Waals surface area (Å²) >= 11 is 0. The van der Waals surface area contributed by atoms with E-state index >= 15 is 0 Å². The van der Waals surface area contributed by atoms with Crippen molar-refractivity contribution < 1.29 is 37.6 Å². The van der Waals surface area contributed by atoms with E-state index in [1.165, 1.54) is 12.1 Å². The zero-order valence-electron chi connectivity index (χ0n) is 22.1. The second-order valence-corrected chi connectivity index (χ2v) is 12.7. The molecule has 2 aliphatic heterocycles. The fourth-order valence-electron chi connectivity index (χ4n) is 4.38. The number of piperidine rings is 1. The van der Waals surface area contributed by atoms with Crippen LogP contribution in [-0.4, -0.2) is 89.0 Å². The highest BCUT2D eigenvalue weighted by Gasteiger charge is 2.26. The summed E-state index contributed by atoms with van der Waals surface area (Å²) in [5.74, 6) is -1.38. The number of hydrogen-bond donors (Lipinski definition) is 9. The van der Waals surface area contributed by atoms with E-state index in [1.807, 2.05) is 12.1 Å². The number of amidine groups is 2. The molecule has 2 aromatic rings. The lowest BCUT2D eigenvalue weighted by atomic mass is 10.0. The highest BCUT2D eigenvalue weighted by Crippen LogP contribution is 2.45. The topological polar surface area (TPSA) is 228 Å². The quantitative estimate of drug-likeness (QED) is 0.174. The third-order valence-electron chi connectivity index (χ3n) is 6.35. The highest BCUT2D eigenvalue weighted by atomic mass is 32.3. The van der Waals surface area contributed by atoms with Crippen LogP contribution in [0.4, 0.5) is 17.1 Å². The van der Waals surface area contributed by atoms with Gasteiger partial charge in [0.2, 0.25) is 10.0 Å². The Hall–Kier alpha value is -3.61. The number of hydrogen-bond acceptors (Lipinski definition) is 13. The molecule has 0 amide bonds. The average molecular weight is 612 g/mol. The molecule has 17 heteroatoms. The minimum absolute atomic E-state index is 0.00856. The molecule has 0 aliphatic carbocycles. The van der Waals surface area contributed by atoms with Crippen LogP contribution >= 0.6 is 11.0 Å². The van der Waals surface area contributed by atoms with Gasteiger partial charge < -0.3 is 36.2 Å². The number of carboxylic acids is 1. The third kappa shape index (κ3) is 8.69. The Kier molecular flexibility index (Phi) is 9.25. The largest absolute Gasteiger partial charge is 0.506 e. The molecular formula is C24H33N7O8S2. The first kappa shape index (κ1) is 30.4. The molecule has 9 N–H and O–H groups in total. The van der Waals surface area contributed by atoms with Crippen LogP contribution in [0.5, 0.6) is 5.75 Å². The second-order valence-electron chi connectivity index (χ2n) is 9.63. The summed E-state index contributed by atoms with van der Waals surface area (Å²) in [6.07, 6.45) is 1.74. The van der Waals surface area contributed by atoms with Gasteiger partial charge in [0.15, 0.2) is 11.7 Å². The number of carboxylic acid groups (broad SMARTS) is 1. The van der Waals surface area contributed by atoms with E-state index in [2.05, 4.69) is 34.4 Å². The van der Waals surface area contributed by atoms with Gasteiger partial charge in [-0.05, 0) is 54.8 Å². The number of aromatic hydroxyl groups is 1. The molecule has 4 rings (SSSR count). The predicted molar refractivity (Wildman–Crippen MR) is 158 cm³/mol. The van der Waals surface area contributed by atoms with E-state index < -0.39 is 39.6 Å². The van der Waals surface area contributed by atoms with Gasteiger partial charge in [0.05, 0.1) is 18.0 Å². The van der Waals surface area contributed by atoms with Gasteiger partial charge in [-0.3, -0.25) is 18.6 Å². The first-order chi connectivity index (χ1) is 19.3. The zero-order valence-corrected chi connectivity index (χ0v) is 23.7. The number of carbonyl (C=O) groups is 1. The number of nitrogens with one attached hydrogen (secondary N) is 4. The SMILES string of the molecule is CS(=O)(=O)Nc1cc([C@@H](O)CNC2CCN(c3ccc(NC4=NS(O)(O)N=C4NCC(=O)O)cc3)CC2)ccc1O. The van der Waals surface area contributed by atoms with Crippen LogP contribution in [0.2, 0.25) is 0 Å². The Morgan fingerprint density at radius 2 is 1.76 bits per heavy atom. The van der Waals surface area contributed by atoms with Crippen LogP contribution in [0.1, 0.15) is 24.5 Å². The van der Waals surface area contributed by atoms with Crippen molar-refractivity contribution in [2.24, 2.45) is 8.80 Å². The van der Waals surface area contributed by atoms with E-state index in [9.17, 15) is 32.5 Å². The molecule has 15 nitrogen and oxygen atoms in total. The van der Waals surface area contributed by atoms with Crippen LogP contribution in [0.25, 0.3) is 0 Å². The van der Waals surface area contributed by atoms with Gasteiger partial charge in [-0.25, -0.2) is 8.42 Å². The van der Waals surface area contributed by atoms with Gasteiger partial charge in [-0.1, -0.05) is 6.07 Å². The molecule has 2 heterocycles. The molecule has 224 valence electrons. The Bertz CT molecular complexity index is 1430. The minimum Gasteiger partial charge on any atom is -0.506 e. The summed E-state index contributed by atoms with van der Waals surface area (Å²) in [4.78, 5) is 13.0. The number of aliphatic hydroxyl groups is 1. The predicted octanol–water partition coefficient (Wildman–Crippen LogP) is 1.53. The van der Waals surface area contributed by atoms with E-state index in [4.69, 9.17) is 5.11 Å². The number of phenolic OH excluding ortho intramolecular Hbond substituents is 1. The number of benzene rings is 2. The summed E-state index contributed by atoms with van der Waals surface area (Å²) in [6.45, 7) is 1.34. The van der Waals surface area contributed by atoms with Crippen molar-refractivity contribution in [1.82, 2.24) is 10.6 Å². The molecule has 0 unspecified atom stereocenters. The molecule has 1 saturated heterocycles. The van der Waals surface area contributed by atoms with E-state index in [-0.39, 0.29) is 35.7 Å². The summed E-state index contributed by atoms with van der Waals surface area (Å²) in [5, 5.41) is 38.2. The van der Waals surface area contributed by atoms with Crippen molar-refractivity contribution in [3.05, 3.63) is 48.0 Å². The van der Waals surface area contributed by atoms with Gasteiger partial charge in [0.1, 0.15) is 12.3 Å². The number of phenols is 1. The summed E-state index contributed by atoms with van der Waals surface area (Å²) in [6, 6.07) is 11.9. The van der Waals surface area contributed by atoms with Gasteiger partial charge in [0, 0.05) is 48.0 Å². The molecule has 2 aromatic carbocycles. The van der Waals surface area contributed by atoms with Crippen molar-refractivity contribution in [2.75, 3.05) is 47.4 Å². The minimum atomic E-state index is -3.59. The number of sulfonamides is 1. The van der Waals surface area contributed by atoms with E-state index in [0.29, 0.717) is 11.3 Å². The number of anilines is 3. The first-order valence-corrected chi connectivity index (χ1v) is 15.9. The van der Waals surface area contributed by atoms with Crippen LogP contribution in [0.3, 0.4) is 0 Å². The van der Waals surface area contributed by atoms with Gasteiger partial charge in [-0.15, -0.1) is 8.80 Å². The Labute approximate surface area is 238 Å². The van der Waals surface area contributed by atoms with Crippen molar-refractivity contribution in [1.29, 1.82) is 0 Å². The maximum atomic E-state index is 11.5. The summed E-state index contributed by atoms with van der Waals surface area (Å²) < 4.78 is 52.2. The second kappa shape index (κ2) is 12.5. The fourth-order valence-corrected chi connectivity index (χ4v) is 5.76. The zero-order chi connectivity index (χ0) is 29.8. The maximum absolute atomic E-state index is 11.5. The molecule has 0 aromatic heterocycles. The average Bonchev–Trinajstić information content (AvgIpc) is 3.20. The molecule has 0 saturated carbocycles. The normalized spacial score (nSPS) is 18.7. The maximum Gasteiger partial charge on any atom is 0.322 e. The van der Waals surface area contributed by atoms with E-state index in [1.54, 1.807) is 18.2 Å². The molecule has 1 fully saturated rings. The molecule has 0 radical (unpaired) electrons. The molecule has 0 bridgehead atoms. The number of nitrogens with zero attached hydrogens (tertiary/aromatic N) is 3. The molecular weight excluding hydrogens is 578 g/mol. The molecule has 41 heavy (non-hydrogen) atoms. The lowest BCUT2D eigenvalue weighted by molar-refractivity contribution is -0.135. The fraction of sp³-hybridized carbons (Fsp3) is 0.375. The van der Waals surface area contributed by atoms with Gasteiger partial charge in [-0.2, -0.15) is 0 Å². The van der Waals surface area contributed by atoms with E-state index in [0.717, 1.165) is 37.9 Å². The van der Waals surface area contributed by atoms with Crippen molar-refractivity contribution in [2.45, 2.75) is 25.0 Å². The summed E-state index contributed by atoms with van der Waals surface area (Å²) in [5.41, 5.74) is 2.06. The van der Waals surface area contributed by atoms with Crippen LogP contribution in [0.15, 0.2) is 51.3 Å². The van der Waals surface area contributed by atoms with Crippen molar-refractivity contribution in [3.8, 4) is 5.75 Å². The molecule has 1 atom stereocenters. The standard InChI is InChI=1S/C24H33N7O8S2/c1-40(36,37)28-19-12-15(2-7-20(19)32)21(33)13-25-16-8-10-31(11-9-16)18-5-3-17(4-6-18)27-24-23(26-14-22(34)35)29-41(38,39)30-24/h2-7,12,16,21,25,28,32-33,38-39H,8-11,13-14H2,1H3,(H,26,29)(H,27,30)(H,34,35)/t21-/m0/s1. The monoisotopic (exact) mass is 611 g/mol. The van der Waals surface area contributed by atoms with Crippen molar-refractivity contribution >= 4 is 55.7 Å². The van der Waals surface area contributed by atoms with Crippen molar-refractivity contribution in [3.63, 3.8) is 0 Å². The number of rotatable bonds is 10. The number of aliphatic carboxylic acids is 1. The molecule has 0 spiro atoms. The van der Waals surface area contributed by atoms with Crippen LogP contribution in [0, 0.1) is 0 Å². The van der Waals surface area contributed by atoms with Crippen LogP contribution < -0.4 is 25.6 Å². The summed E-state index contributed by atoms with van der Waals surface area (Å²) in [7, 11) is -7.17. The number of aliphatic hydroxyl groups excluding tert-OH is 1.